The number of nitrogens with zero attached hydrogens (tertiary/aromatic N) is 4. The number of H-pyrrole nitrogens is 1. The fraction of sp³-hybridized carbons (Fsp3) is 0.167. The maximum absolute atomic E-state index is 13.6. The van der Waals surface area contributed by atoms with Crippen LogP contribution in [0.2, 0.25) is 0 Å². The molecule has 1 amide bonds. The van der Waals surface area contributed by atoms with E-state index in [4.69, 9.17) is 10.5 Å². The van der Waals surface area contributed by atoms with Crippen LogP contribution in [0.25, 0.3) is 5.69 Å². The number of methoxy groups -OCH3 is 1. The smallest absolute Gasteiger partial charge is 0.330 e. The van der Waals surface area contributed by atoms with Gasteiger partial charge in [-0.2, -0.15) is 5.10 Å². The molecule has 2 aromatic heterocycles. The predicted molar refractivity (Wildman–Crippen MR) is 128 cm³/mol. The second kappa shape index (κ2) is 10.0. The van der Waals surface area contributed by atoms with Crippen LogP contribution in [0.1, 0.15) is 15.9 Å². The van der Waals surface area contributed by atoms with Gasteiger partial charge in [0.15, 0.2) is 5.69 Å². The van der Waals surface area contributed by atoms with E-state index in [1.54, 1.807) is 47.4 Å². The summed E-state index contributed by atoms with van der Waals surface area (Å²) in [5, 5.41) is 4.18. The van der Waals surface area contributed by atoms with Crippen molar-refractivity contribution in [2.75, 3.05) is 24.4 Å². The maximum Gasteiger partial charge on any atom is 0.330 e. The number of rotatable bonds is 8. The third kappa shape index (κ3) is 4.66. The first kappa shape index (κ1) is 22.7. The van der Waals surface area contributed by atoms with Gasteiger partial charge in [0.05, 0.1) is 25.4 Å². The summed E-state index contributed by atoms with van der Waals surface area (Å²) in [4.78, 5) is 42.4. The largest absolute Gasteiger partial charge is 0.383 e. The Morgan fingerprint density at radius 2 is 1.82 bits per heavy atom. The molecule has 0 aliphatic carbocycles. The second-order valence-corrected chi connectivity index (χ2v) is 7.51. The summed E-state index contributed by atoms with van der Waals surface area (Å²) in [5.41, 5.74) is 6.68. The molecule has 0 fully saturated rings. The van der Waals surface area contributed by atoms with E-state index in [2.05, 4.69) is 10.1 Å². The number of anilines is 2. The number of hydrogen-bond donors (Lipinski definition) is 2. The van der Waals surface area contributed by atoms with Crippen LogP contribution in [-0.4, -0.2) is 39.0 Å². The molecule has 4 aromatic rings. The quantitative estimate of drug-likeness (QED) is 0.413. The van der Waals surface area contributed by atoms with Crippen LogP contribution in [0.15, 0.2) is 82.6 Å². The molecule has 0 bridgehead atoms. The van der Waals surface area contributed by atoms with Crippen LogP contribution in [0, 0.1) is 0 Å². The molecule has 0 aliphatic heterocycles. The van der Waals surface area contributed by atoms with Crippen LogP contribution in [0.5, 0.6) is 0 Å². The van der Waals surface area contributed by atoms with Gasteiger partial charge in [-0.15, -0.1) is 0 Å². The van der Waals surface area contributed by atoms with E-state index in [1.165, 1.54) is 16.6 Å². The van der Waals surface area contributed by atoms with Crippen molar-refractivity contribution in [2.24, 2.45) is 0 Å². The van der Waals surface area contributed by atoms with E-state index in [9.17, 15) is 14.4 Å². The second-order valence-electron chi connectivity index (χ2n) is 7.51. The Morgan fingerprint density at radius 1 is 1.09 bits per heavy atom. The lowest BCUT2D eigenvalue weighted by atomic mass is 10.1. The van der Waals surface area contributed by atoms with Gasteiger partial charge in [0, 0.05) is 25.1 Å². The van der Waals surface area contributed by atoms with Crippen molar-refractivity contribution in [3.05, 3.63) is 105 Å². The van der Waals surface area contributed by atoms with Crippen molar-refractivity contribution in [1.29, 1.82) is 0 Å². The highest BCUT2D eigenvalue weighted by atomic mass is 16.5. The molecule has 10 heteroatoms. The van der Waals surface area contributed by atoms with Crippen molar-refractivity contribution < 1.29 is 9.53 Å². The van der Waals surface area contributed by atoms with Gasteiger partial charge < -0.3 is 10.5 Å². The maximum atomic E-state index is 13.6. The van der Waals surface area contributed by atoms with E-state index >= 15 is 0 Å². The average Bonchev–Trinajstić information content (AvgIpc) is 3.38. The van der Waals surface area contributed by atoms with E-state index in [1.807, 2.05) is 30.3 Å². The number of hydrogen-bond acceptors (Lipinski definition) is 6. The first-order chi connectivity index (χ1) is 16.5. The zero-order chi connectivity index (χ0) is 24.1. The Labute approximate surface area is 194 Å². The van der Waals surface area contributed by atoms with Gasteiger partial charge in [0.25, 0.3) is 11.5 Å². The van der Waals surface area contributed by atoms with Crippen molar-refractivity contribution in [3.63, 3.8) is 0 Å². The minimum absolute atomic E-state index is 0.0797. The monoisotopic (exact) mass is 460 g/mol. The first-order valence-corrected chi connectivity index (χ1v) is 10.6. The highest BCUT2D eigenvalue weighted by Gasteiger charge is 2.25. The van der Waals surface area contributed by atoms with Gasteiger partial charge in [0.1, 0.15) is 5.82 Å². The van der Waals surface area contributed by atoms with E-state index in [0.29, 0.717) is 5.56 Å². The summed E-state index contributed by atoms with van der Waals surface area (Å²) in [7, 11) is 1.49. The molecule has 2 aromatic carbocycles. The summed E-state index contributed by atoms with van der Waals surface area (Å²) in [6.07, 6.45) is 3.45. The fourth-order valence-corrected chi connectivity index (χ4v) is 3.60. The fourth-order valence-electron chi connectivity index (χ4n) is 3.60. The predicted octanol–water partition coefficient (Wildman–Crippen LogP) is 1.80. The molecule has 0 spiro atoms. The lowest BCUT2D eigenvalue weighted by Crippen LogP contribution is -2.41. The van der Waals surface area contributed by atoms with Crippen molar-refractivity contribution in [2.45, 2.75) is 13.1 Å². The molecule has 0 aliphatic rings. The molecule has 4 rings (SSSR count). The Hall–Kier alpha value is -4.44. The van der Waals surface area contributed by atoms with Gasteiger partial charge in [-0.05, 0) is 35.9 Å². The molecule has 0 saturated heterocycles. The number of nitrogen functional groups attached to an aromatic ring is 1. The summed E-state index contributed by atoms with van der Waals surface area (Å²) < 4.78 is 7.90. The number of carbonyl (C=O) groups is 1. The van der Waals surface area contributed by atoms with Crippen molar-refractivity contribution in [3.8, 4) is 5.69 Å². The number of aromatic amines is 1. The molecule has 174 valence electrons. The number of aromatic nitrogens is 4. The van der Waals surface area contributed by atoms with Crippen LogP contribution >= 0.6 is 0 Å². The zero-order valence-electron chi connectivity index (χ0n) is 18.5. The van der Waals surface area contributed by atoms with Crippen molar-refractivity contribution in [1.82, 2.24) is 19.3 Å². The molecule has 34 heavy (non-hydrogen) atoms. The third-order valence-electron chi connectivity index (χ3n) is 5.31. The van der Waals surface area contributed by atoms with Gasteiger partial charge in [-0.3, -0.25) is 24.0 Å². The van der Waals surface area contributed by atoms with Gasteiger partial charge >= 0.3 is 5.69 Å². The normalized spacial score (nSPS) is 10.9. The number of amides is 1. The van der Waals surface area contributed by atoms with Crippen LogP contribution < -0.4 is 21.9 Å². The Morgan fingerprint density at radius 3 is 2.47 bits per heavy atom. The highest BCUT2D eigenvalue weighted by molar-refractivity contribution is 6.07. The SMILES string of the molecule is COCCn1c(N)c(N(Cc2ccccc2)C(=O)c2ccc(-n3cccn3)cc2)c(=O)[nH]c1=O. The van der Waals surface area contributed by atoms with E-state index in [-0.39, 0.29) is 31.2 Å². The topological polar surface area (TPSA) is 128 Å². The highest BCUT2D eigenvalue weighted by Crippen LogP contribution is 2.22. The summed E-state index contributed by atoms with van der Waals surface area (Å²) >= 11 is 0. The number of carbonyl (C=O) groups excluding carboxylic acids is 1. The molecule has 0 radical (unpaired) electrons. The number of nitrogens with two attached hydrogens (primary N) is 1. The lowest BCUT2D eigenvalue weighted by molar-refractivity contribution is 0.0984. The third-order valence-corrected chi connectivity index (χ3v) is 5.31. The van der Waals surface area contributed by atoms with Gasteiger partial charge in [-0.25, -0.2) is 9.48 Å². The Kier molecular flexibility index (Phi) is 6.69. The Balaban J connectivity index is 1.78. The number of nitrogens with one attached hydrogen (secondary N) is 1. The molecular weight excluding hydrogens is 436 g/mol. The standard InChI is InChI=1S/C24H24N6O4/c1-34-15-14-28-21(25)20(22(31)27-24(28)33)29(16-17-6-3-2-4-7-17)23(32)18-8-10-19(11-9-18)30-13-5-12-26-30/h2-13H,14-16,25H2,1H3,(H,27,31,33). The summed E-state index contributed by atoms with van der Waals surface area (Å²) in [5.74, 6) is -0.548. The van der Waals surface area contributed by atoms with Crippen LogP contribution in [0.4, 0.5) is 11.5 Å². The van der Waals surface area contributed by atoms with Crippen molar-refractivity contribution >= 4 is 17.4 Å². The summed E-state index contributed by atoms with van der Waals surface area (Å²) in [6.45, 7) is 0.407. The molecule has 0 unspecified atom stereocenters. The lowest BCUT2D eigenvalue weighted by Gasteiger charge is -2.25. The molecule has 10 nitrogen and oxygen atoms in total. The van der Waals surface area contributed by atoms with Crippen LogP contribution in [-0.2, 0) is 17.8 Å². The van der Waals surface area contributed by atoms with Gasteiger partial charge in [-0.1, -0.05) is 30.3 Å². The first-order valence-electron chi connectivity index (χ1n) is 10.6. The Bertz CT molecular complexity index is 1380. The van der Waals surface area contributed by atoms with E-state index < -0.39 is 17.2 Å². The minimum Gasteiger partial charge on any atom is -0.383 e. The average molecular weight is 460 g/mol. The zero-order valence-corrected chi connectivity index (χ0v) is 18.5. The number of ether oxygens (including phenoxy) is 1. The molecule has 2 heterocycles. The number of benzene rings is 2. The molecule has 0 atom stereocenters. The van der Waals surface area contributed by atoms with Crippen LogP contribution in [0.3, 0.4) is 0 Å². The van der Waals surface area contributed by atoms with E-state index in [0.717, 1.165) is 11.3 Å². The molecule has 0 saturated carbocycles. The summed E-state index contributed by atoms with van der Waals surface area (Å²) in [6, 6.07) is 17.8. The minimum atomic E-state index is -0.742. The molecular formula is C24H24N6O4. The molecule has 3 N–H and O–H groups in total. The van der Waals surface area contributed by atoms with Gasteiger partial charge in [0.2, 0.25) is 0 Å².